The van der Waals surface area contributed by atoms with E-state index in [0.717, 1.165) is 12.8 Å². The highest BCUT2D eigenvalue weighted by Gasteiger charge is 2.21. The summed E-state index contributed by atoms with van der Waals surface area (Å²) in [6.45, 7) is 2.04. The highest BCUT2D eigenvalue weighted by atomic mass is 79.9. The highest BCUT2D eigenvalue weighted by molar-refractivity contribution is 9.10. The molecule has 0 fully saturated rings. The average molecular weight is 327 g/mol. The summed E-state index contributed by atoms with van der Waals surface area (Å²) in [7, 11) is 0. The second-order valence-corrected chi connectivity index (χ2v) is 4.73. The molecule has 0 heterocycles. The van der Waals surface area contributed by atoms with Crippen molar-refractivity contribution in [3.8, 4) is 0 Å². The van der Waals surface area contributed by atoms with E-state index in [1.807, 2.05) is 6.92 Å². The lowest BCUT2D eigenvalue weighted by Gasteiger charge is -2.20. The largest absolute Gasteiger partial charge is 0.391 e. The van der Waals surface area contributed by atoms with E-state index >= 15 is 0 Å². The molecule has 17 heavy (non-hydrogen) atoms. The fourth-order valence-corrected chi connectivity index (χ4v) is 2.22. The molecule has 0 aliphatic carbocycles. The van der Waals surface area contributed by atoms with Crippen LogP contribution in [0.1, 0.15) is 37.8 Å². The van der Waals surface area contributed by atoms with E-state index in [1.165, 1.54) is 6.07 Å². The Kier molecular flexibility index (Phi) is 7.96. The minimum Gasteiger partial charge on any atom is -0.391 e. The molecule has 2 nitrogen and oxygen atoms in total. The Morgan fingerprint density at radius 1 is 1.47 bits per heavy atom. The van der Waals surface area contributed by atoms with E-state index in [4.69, 9.17) is 5.73 Å². The van der Waals surface area contributed by atoms with Gasteiger partial charge in [-0.25, -0.2) is 4.39 Å². The first-order valence-corrected chi connectivity index (χ1v) is 6.24. The van der Waals surface area contributed by atoms with Gasteiger partial charge in [0.05, 0.1) is 12.1 Å². The first-order valence-electron chi connectivity index (χ1n) is 5.45. The van der Waals surface area contributed by atoms with Gasteiger partial charge < -0.3 is 10.8 Å². The molecule has 1 rings (SSSR count). The van der Waals surface area contributed by atoms with Crippen molar-refractivity contribution in [1.82, 2.24) is 0 Å². The topological polar surface area (TPSA) is 46.2 Å². The quantitative estimate of drug-likeness (QED) is 0.869. The van der Waals surface area contributed by atoms with Crippen LogP contribution in [0.3, 0.4) is 0 Å². The predicted molar refractivity (Wildman–Crippen MR) is 73.8 cm³/mol. The van der Waals surface area contributed by atoms with Crippen LogP contribution in [0.25, 0.3) is 0 Å². The molecule has 98 valence electrons. The first-order chi connectivity index (χ1) is 7.57. The van der Waals surface area contributed by atoms with Gasteiger partial charge in [0.15, 0.2) is 0 Å². The van der Waals surface area contributed by atoms with E-state index in [9.17, 15) is 9.50 Å². The fraction of sp³-hybridized carbons (Fsp3) is 0.500. The second-order valence-electron chi connectivity index (χ2n) is 3.87. The first kappa shape index (κ1) is 16.8. The van der Waals surface area contributed by atoms with Gasteiger partial charge in [0.25, 0.3) is 0 Å². The standard InChI is InChI=1S/C12H17BrFNO.ClH/c1-2-3-7-10(16)12(15)11-8(13)5-4-6-9(11)14;/h4-6,10,12,16H,2-3,7,15H2,1H3;1H/t10-,12-;/m1./s1. The summed E-state index contributed by atoms with van der Waals surface area (Å²) in [6, 6.07) is 4.01. The van der Waals surface area contributed by atoms with Gasteiger partial charge in [-0.1, -0.05) is 41.8 Å². The number of aliphatic hydroxyl groups is 1. The SMILES string of the molecule is CCCC[C@@H](O)[C@@H](N)c1c(F)cccc1Br.Cl. The molecule has 5 heteroatoms. The maximum atomic E-state index is 13.6. The van der Waals surface area contributed by atoms with E-state index < -0.39 is 12.1 Å². The van der Waals surface area contributed by atoms with E-state index in [2.05, 4.69) is 15.9 Å². The molecular weight excluding hydrogens is 308 g/mol. The summed E-state index contributed by atoms with van der Waals surface area (Å²) in [5.41, 5.74) is 6.21. The molecule has 0 unspecified atom stereocenters. The Hall–Kier alpha value is -0.160. The van der Waals surface area contributed by atoms with Gasteiger partial charge in [-0.15, -0.1) is 12.4 Å². The van der Waals surface area contributed by atoms with E-state index in [0.29, 0.717) is 16.5 Å². The Bertz CT molecular complexity index is 331. The van der Waals surface area contributed by atoms with Gasteiger partial charge in [-0.3, -0.25) is 0 Å². The smallest absolute Gasteiger partial charge is 0.129 e. The van der Waals surface area contributed by atoms with Crippen molar-refractivity contribution in [2.24, 2.45) is 5.73 Å². The van der Waals surface area contributed by atoms with Crippen molar-refractivity contribution < 1.29 is 9.50 Å². The molecule has 1 aromatic carbocycles. The third-order valence-electron chi connectivity index (χ3n) is 2.60. The molecule has 0 aromatic heterocycles. The number of benzene rings is 1. The van der Waals surface area contributed by atoms with Gasteiger partial charge in [-0.05, 0) is 18.6 Å². The van der Waals surface area contributed by atoms with E-state index in [1.54, 1.807) is 12.1 Å². The monoisotopic (exact) mass is 325 g/mol. The normalized spacial score (nSPS) is 13.9. The van der Waals surface area contributed by atoms with Crippen LogP contribution in [-0.2, 0) is 0 Å². The number of halogens is 3. The zero-order chi connectivity index (χ0) is 12.1. The molecular formula is C12H18BrClFNO. The van der Waals surface area contributed by atoms with Gasteiger partial charge in [-0.2, -0.15) is 0 Å². The number of hydrogen-bond donors (Lipinski definition) is 2. The average Bonchev–Trinajstić information content (AvgIpc) is 2.25. The minimum absolute atomic E-state index is 0. The fourth-order valence-electron chi connectivity index (χ4n) is 1.61. The maximum Gasteiger partial charge on any atom is 0.129 e. The predicted octanol–water partition coefficient (Wildman–Crippen LogP) is 3.56. The number of hydrogen-bond acceptors (Lipinski definition) is 2. The van der Waals surface area contributed by atoms with E-state index in [-0.39, 0.29) is 18.2 Å². The van der Waals surface area contributed by atoms with Crippen LogP contribution in [0.5, 0.6) is 0 Å². The third-order valence-corrected chi connectivity index (χ3v) is 3.29. The van der Waals surface area contributed by atoms with Crippen molar-refractivity contribution >= 4 is 28.3 Å². The molecule has 0 saturated heterocycles. The molecule has 0 bridgehead atoms. The Balaban J connectivity index is 0.00000256. The van der Waals surface area contributed by atoms with Crippen molar-refractivity contribution in [2.45, 2.75) is 38.3 Å². The molecule has 0 saturated carbocycles. The lowest BCUT2D eigenvalue weighted by atomic mass is 9.98. The highest BCUT2D eigenvalue weighted by Crippen LogP contribution is 2.28. The minimum atomic E-state index is -0.701. The van der Waals surface area contributed by atoms with Crippen molar-refractivity contribution in [1.29, 1.82) is 0 Å². The number of unbranched alkanes of at least 4 members (excludes halogenated alkanes) is 1. The van der Waals surface area contributed by atoms with Crippen LogP contribution >= 0.6 is 28.3 Å². The molecule has 0 aliphatic heterocycles. The lowest BCUT2D eigenvalue weighted by molar-refractivity contribution is 0.130. The van der Waals surface area contributed by atoms with Crippen LogP contribution < -0.4 is 5.73 Å². The van der Waals surface area contributed by atoms with Gasteiger partial charge >= 0.3 is 0 Å². The van der Waals surface area contributed by atoms with Crippen LogP contribution in [0.15, 0.2) is 22.7 Å². The molecule has 0 spiro atoms. The number of aliphatic hydroxyl groups excluding tert-OH is 1. The van der Waals surface area contributed by atoms with Gasteiger partial charge in [0.2, 0.25) is 0 Å². The maximum absolute atomic E-state index is 13.6. The number of nitrogens with two attached hydrogens (primary N) is 1. The number of rotatable bonds is 5. The molecule has 3 N–H and O–H groups in total. The van der Waals surface area contributed by atoms with Crippen molar-refractivity contribution in [3.05, 3.63) is 34.1 Å². The molecule has 0 radical (unpaired) electrons. The zero-order valence-electron chi connectivity index (χ0n) is 9.70. The summed E-state index contributed by atoms with van der Waals surface area (Å²) >= 11 is 3.25. The second kappa shape index (κ2) is 8.03. The van der Waals surface area contributed by atoms with Crippen molar-refractivity contribution in [3.63, 3.8) is 0 Å². The van der Waals surface area contributed by atoms with Gasteiger partial charge in [0, 0.05) is 10.0 Å². The summed E-state index contributed by atoms with van der Waals surface area (Å²) in [5, 5.41) is 9.84. The van der Waals surface area contributed by atoms with Crippen LogP contribution in [0, 0.1) is 5.82 Å². The lowest BCUT2D eigenvalue weighted by Crippen LogP contribution is -2.27. The van der Waals surface area contributed by atoms with Crippen molar-refractivity contribution in [2.75, 3.05) is 0 Å². The molecule has 0 aliphatic rings. The Morgan fingerprint density at radius 2 is 2.12 bits per heavy atom. The summed E-state index contributed by atoms with van der Waals surface area (Å²) < 4.78 is 14.2. The van der Waals surface area contributed by atoms with Gasteiger partial charge in [0.1, 0.15) is 5.82 Å². The molecule has 0 amide bonds. The summed E-state index contributed by atoms with van der Waals surface area (Å²) in [5.74, 6) is -0.377. The Morgan fingerprint density at radius 3 is 2.65 bits per heavy atom. The summed E-state index contributed by atoms with van der Waals surface area (Å²) in [6.07, 6.45) is 1.77. The molecule has 1 aromatic rings. The summed E-state index contributed by atoms with van der Waals surface area (Å²) in [4.78, 5) is 0. The zero-order valence-corrected chi connectivity index (χ0v) is 12.1. The third kappa shape index (κ3) is 4.54. The van der Waals surface area contributed by atoms with Crippen LogP contribution in [0.2, 0.25) is 0 Å². The Labute approximate surface area is 116 Å². The molecule has 2 atom stereocenters. The van der Waals surface area contributed by atoms with Crippen LogP contribution in [-0.4, -0.2) is 11.2 Å². The van der Waals surface area contributed by atoms with Crippen LogP contribution in [0.4, 0.5) is 4.39 Å².